The summed E-state index contributed by atoms with van der Waals surface area (Å²) in [6.45, 7) is 3.05. The minimum absolute atomic E-state index is 0.762. The number of benzene rings is 1. The second-order valence-corrected chi connectivity index (χ2v) is 9.02. The van der Waals surface area contributed by atoms with Crippen LogP contribution in [0.4, 0.5) is 5.82 Å². The highest BCUT2D eigenvalue weighted by molar-refractivity contribution is 7.84. The lowest BCUT2D eigenvalue weighted by molar-refractivity contribution is 0.386. The standard InChI is InChI=1S/C21H21N9OS/c1-27-12-14(11-24-27)18-25-17-20(28(18)2)22-13-23-21(17)30-9-7-29(8-10-30)19-15-5-3-4-6-16(15)32(31)26-19/h3-6,11-13H,7-10H2,1-2H3. The number of aryl methyl sites for hydroxylation is 2. The Hall–Kier alpha value is -3.60. The van der Waals surface area contributed by atoms with Gasteiger partial charge in [0.2, 0.25) is 0 Å². The molecule has 1 unspecified atom stereocenters. The summed E-state index contributed by atoms with van der Waals surface area (Å²) in [5, 5.41) is 4.26. The molecule has 0 saturated carbocycles. The first kappa shape index (κ1) is 19.1. The SMILES string of the molecule is Cn1cc(-c2nc3c(N4CCN(C5=NS(=O)c6ccccc65)CC4)ncnc3n2C)cn1. The molecule has 1 atom stereocenters. The molecular formula is C21H21N9OS. The maximum Gasteiger partial charge on any atom is 0.175 e. The van der Waals surface area contributed by atoms with Gasteiger partial charge in [-0.25, -0.2) is 19.2 Å². The van der Waals surface area contributed by atoms with Gasteiger partial charge in [0.25, 0.3) is 0 Å². The molecule has 4 aromatic rings. The molecular weight excluding hydrogens is 426 g/mol. The summed E-state index contributed by atoms with van der Waals surface area (Å²) in [5.41, 5.74) is 3.48. The van der Waals surface area contributed by atoms with Crippen LogP contribution in [-0.2, 0) is 25.1 Å². The van der Waals surface area contributed by atoms with Crippen LogP contribution in [0.5, 0.6) is 0 Å². The summed E-state index contributed by atoms with van der Waals surface area (Å²) in [6, 6.07) is 7.75. The van der Waals surface area contributed by atoms with E-state index in [2.05, 4.69) is 29.3 Å². The van der Waals surface area contributed by atoms with Crippen LogP contribution in [0.15, 0.2) is 52.3 Å². The van der Waals surface area contributed by atoms with Crippen LogP contribution in [0.3, 0.4) is 0 Å². The van der Waals surface area contributed by atoms with Crippen molar-refractivity contribution in [2.24, 2.45) is 18.5 Å². The van der Waals surface area contributed by atoms with Gasteiger partial charge in [0.1, 0.15) is 18.0 Å². The van der Waals surface area contributed by atoms with Crippen LogP contribution in [0.2, 0.25) is 0 Å². The first-order valence-corrected chi connectivity index (χ1v) is 11.5. The number of amidine groups is 1. The van der Waals surface area contributed by atoms with Crippen molar-refractivity contribution in [1.29, 1.82) is 0 Å². The van der Waals surface area contributed by atoms with Crippen molar-refractivity contribution in [3.8, 4) is 11.4 Å². The molecule has 0 aliphatic carbocycles. The normalized spacial score (nSPS) is 18.3. The third-order valence-corrected chi connectivity index (χ3v) is 7.04. The van der Waals surface area contributed by atoms with E-state index in [4.69, 9.17) is 4.98 Å². The monoisotopic (exact) mass is 447 g/mol. The van der Waals surface area contributed by atoms with Crippen molar-refractivity contribution in [3.05, 3.63) is 48.5 Å². The van der Waals surface area contributed by atoms with Gasteiger partial charge >= 0.3 is 0 Å². The number of piperazine rings is 1. The summed E-state index contributed by atoms with van der Waals surface area (Å²) in [4.78, 5) is 19.2. The van der Waals surface area contributed by atoms with Crippen LogP contribution in [0.1, 0.15) is 5.56 Å². The van der Waals surface area contributed by atoms with Crippen LogP contribution in [-0.4, -0.2) is 70.4 Å². The summed E-state index contributed by atoms with van der Waals surface area (Å²) >= 11 is 0. The number of nitrogens with zero attached hydrogens (tertiary/aromatic N) is 9. The molecule has 3 aromatic heterocycles. The van der Waals surface area contributed by atoms with Crippen LogP contribution < -0.4 is 4.90 Å². The predicted molar refractivity (Wildman–Crippen MR) is 122 cm³/mol. The van der Waals surface area contributed by atoms with Crippen LogP contribution in [0, 0.1) is 0 Å². The molecule has 0 bridgehead atoms. The number of imidazole rings is 1. The number of hydrogen-bond acceptors (Lipinski definition) is 7. The quantitative estimate of drug-likeness (QED) is 0.458. The number of fused-ring (bicyclic) bond motifs is 2. The largest absolute Gasteiger partial charge is 0.352 e. The Morgan fingerprint density at radius 2 is 1.78 bits per heavy atom. The molecule has 0 N–H and O–H groups in total. The van der Waals surface area contributed by atoms with Gasteiger partial charge in [0.15, 0.2) is 28.0 Å². The van der Waals surface area contributed by atoms with E-state index in [9.17, 15) is 4.21 Å². The number of anilines is 1. The van der Waals surface area contributed by atoms with Gasteiger partial charge in [0, 0.05) is 52.0 Å². The first-order chi connectivity index (χ1) is 15.6. The van der Waals surface area contributed by atoms with E-state index < -0.39 is 11.0 Å². The van der Waals surface area contributed by atoms with E-state index >= 15 is 0 Å². The Labute approximate surface area is 186 Å². The van der Waals surface area contributed by atoms with Crippen molar-refractivity contribution in [2.75, 3.05) is 31.1 Å². The highest BCUT2D eigenvalue weighted by Crippen LogP contribution is 2.29. The smallest absolute Gasteiger partial charge is 0.175 e. The maximum absolute atomic E-state index is 12.4. The second-order valence-electron chi connectivity index (χ2n) is 7.90. The van der Waals surface area contributed by atoms with E-state index in [-0.39, 0.29) is 0 Å². The van der Waals surface area contributed by atoms with Crippen molar-refractivity contribution in [3.63, 3.8) is 0 Å². The molecule has 0 amide bonds. The van der Waals surface area contributed by atoms with Gasteiger partial charge in [-0.2, -0.15) is 9.50 Å². The summed E-state index contributed by atoms with van der Waals surface area (Å²) in [7, 11) is 2.53. The molecule has 5 heterocycles. The third-order valence-electron chi connectivity index (χ3n) is 5.96. The van der Waals surface area contributed by atoms with E-state index in [0.29, 0.717) is 0 Å². The van der Waals surface area contributed by atoms with Gasteiger partial charge in [-0.15, -0.1) is 0 Å². The van der Waals surface area contributed by atoms with Crippen molar-refractivity contribution in [1.82, 2.24) is 34.2 Å². The molecule has 162 valence electrons. The molecule has 32 heavy (non-hydrogen) atoms. The van der Waals surface area contributed by atoms with Gasteiger partial charge < -0.3 is 14.4 Å². The molecule has 11 heteroatoms. The average Bonchev–Trinajstić information content (AvgIpc) is 3.50. The Bertz CT molecular complexity index is 1400. The molecule has 1 fully saturated rings. The fourth-order valence-corrected chi connectivity index (χ4v) is 5.36. The van der Waals surface area contributed by atoms with E-state index in [0.717, 1.165) is 70.8 Å². The maximum atomic E-state index is 12.4. The minimum atomic E-state index is -1.32. The highest BCUT2D eigenvalue weighted by atomic mass is 32.2. The second kappa shape index (κ2) is 7.23. The Morgan fingerprint density at radius 3 is 2.56 bits per heavy atom. The van der Waals surface area contributed by atoms with E-state index in [1.54, 1.807) is 17.2 Å². The molecule has 1 saturated heterocycles. The fourth-order valence-electron chi connectivity index (χ4n) is 4.35. The molecule has 6 rings (SSSR count). The lowest BCUT2D eigenvalue weighted by Gasteiger charge is -2.36. The van der Waals surface area contributed by atoms with Crippen molar-refractivity contribution < 1.29 is 4.21 Å². The Kier molecular flexibility index (Phi) is 4.32. The molecule has 0 radical (unpaired) electrons. The Balaban J connectivity index is 1.28. The lowest BCUT2D eigenvalue weighted by Crippen LogP contribution is -2.49. The minimum Gasteiger partial charge on any atom is -0.352 e. The average molecular weight is 448 g/mol. The van der Waals surface area contributed by atoms with Gasteiger partial charge in [-0.05, 0) is 12.1 Å². The zero-order valence-corrected chi connectivity index (χ0v) is 18.5. The third kappa shape index (κ3) is 2.92. The number of aromatic nitrogens is 6. The predicted octanol–water partition coefficient (Wildman–Crippen LogP) is 1.37. The molecule has 1 aromatic carbocycles. The Morgan fingerprint density at radius 1 is 1.00 bits per heavy atom. The number of rotatable bonds is 2. The van der Waals surface area contributed by atoms with Gasteiger partial charge in [-0.1, -0.05) is 12.1 Å². The van der Waals surface area contributed by atoms with Gasteiger partial charge in [0.05, 0.1) is 16.7 Å². The first-order valence-electron chi connectivity index (χ1n) is 10.4. The van der Waals surface area contributed by atoms with E-state index in [1.807, 2.05) is 49.1 Å². The highest BCUT2D eigenvalue weighted by Gasteiger charge is 2.30. The van der Waals surface area contributed by atoms with Gasteiger partial charge in [-0.3, -0.25) is 4.68 Å². The zero-order chi connectivity index (χ0) is 21.8. The zero-order valence-electron chi connectivity index (χ0n) is 17.7. The van der Waals surface area contributed by atoms with Crippen molar-refractivity contribution in [2.45, 2.75) is 4.90 Å². The summed E-state index contributed by atoms with van der Waals surface area (Å²) in [5.74, 6) is 2.47. The van der Waals surface area contributed by atoms with E-state index in [1.165, 1.54) is 0 Å². The fraction of sp³-hybridized carbons (Fsp3) is 0.286. The summed E-state index contributed by atoms with van der Waals surface area (Å²) < 4.78 is 20.5. The van der Waals surface area contributed by atoms with Crippen molar-refractivity contribution >= 4 is 33.8 Å². The summed E-state index contributed by atoms with van der Waals surface area (Å²) in [6.07, 6.45) is 5.34. The van der Waals surface area contributed by atoms with Crippen LogP contribution >= 0.6 is 0 Å². The molecule has 10 nitrogen and oxygen atoms in total. The molecule has 0 spiro atoms. The van der Waals surface area contributed by atoms with Crippen LogP contribution in [0.25, 0.3) is 22.6 Å². The number of hydrogen-bond donors (Lipinski definition) is 0. The topological polar surface area (TPSA) is 97.3 Å². The lowest BCUT2D eigenvalue weighted by atomic mass is 10.1. The molecule has 2 aliphatic heterocycles. The molecule has 2 aliphatic rings.